The van der Waals surface area contributed by atoms with Crippen LogP contribution in [0.1, 0.15) is 13.8 Å². The Kier molecular flexibility index (Phi) is 4.53. The molecule has 98 valence electrons. The number of hydrogen-bond donors (Lipinski definition) is 0. The van der Waals surface area contributed by atoms with Crippen molar-refractivity contribution in [1.82, 2.24) is 0 Å². The normalized spacial score (nSPS) is 9.56. The van der Waals surface area contributed by atoms with E-state index in [0.29, 0.717) is 0 Å². The molecule has 0 aliphatic carbocycles. The molecule has 0 bridgehead atoms. The topological polar surface area (TPSA) is 71.1 Å². The Morgan fingerprint density at radius 1 is 0.778 bits per heavy atom. The maximum atomic E-state index is 10.9. The lowest BCUT2D eigenvalue weighted by atomic mass is 10.2. The number of methoxy groups -OCH3 is 2. The maximum Gasteiger partial charge on any atom is 0.308 e. The monoisotopic (exact) mass is 254 g/mol. The minimum atomic E-state index is -0.490. The smallest absolute Gasteiger partial charge is 0.308 e. The highest BCUT2D eigenvalue weighted by molar-refractivity contribution is 5.73. The van der Waals surface area contributed by atoms with E-state index >= 15 is 0 Å². The molecule has 0 amide bonds. The highest BCUT2D eigenvalue weighted by Crippen LogP contribution is 2.39. The molecule has 18 heavy (non-hydrogen) atoms. The Hall–Kier alpha value is -2.24. The van der Waals surface area contributed by atoms with Crippen molar-refractivity contribution in [3.63, 3.8) is 0 Å². The SMILES string of the molecule is COc1cc(OC(C)=O)c(OC)cc1OC(C)=O. The van der Waals surface area contributed by atoms with Gasteiger partial charge in [-0.05, 0) is 0 Å². The molecule has 6 nitrogen and oxygen atoms in total. The first-order valence-electron chi connectivity index (χ1n) is 5.10. The van der Waals surface area contributed by atoms with Crippen LogP contribution in [0.4, 0.5) is 0 Å². The summed E-state index contributed by atoms with van der Waals surface area (Å²) in [7, 11) is 2.82. The molecule has 0 radical (unpaired) electrons. The molecular formula is C12H14O6. The fourth-order valence-electron chi connectivity index (χ4n) is 1.31. The van der Waals surface area contributed by atoms with E-state index in [1.54, 1.807) is 0 Å². The van der Waals surface area contributed by atoms with Crippen molar-refractivity contribution in [2.24, 2.45) is 0 Å². The molecule has 0 aromatic heterocycles. The molecular weight excluding hydrogens is 240 g/mol. The molecule has 0 saturated carbocycles. The number of esters is 2. The van der Waals surface area contributed by atoms with Crippen LogP contribution in [-0.4, -0.2) is 26.2 Å². The number of ether oxygens (including phenoxy) is 4. The Bertz CT molecular complexity index is 422. The van der Waals surface area contributed by atoms with Gasteiger partial charge in [-0.1, -0.05) is 0 Å². The maximum absolute atomic E-state index is 10.9. The van der Waals surface area contributed by atoms with Gasteiger partial charge in [0.25, 0.3) is 0 Å². The standard InChI is InChI=1S/C12H14O6/c1-7(13)17-11-5-10(16-4)12(18-8(2)14)6-9(11)15-3/h5-6H,1-4H3. The lowest BCUT2D eigenvalue weighted by Crippen LogP contribution is -2.06. The fraction of sp³-hybridized carbons (Fsp3) is 0.333. The Labute approximate surface area is 104 Å². The third-order valence-corrected chi connectivity index (χ3v) is 1.96. The number of rotatable bonds is 4. The molecule has 0 aliphatic heterocycles. The van der Waals surface area contributed by atoms with Crippen molar-refractivity contribution in [3.8, 4) is 23.0 Å². The third-order valence-electron chi connectivity index (χ3n) is 1.96. The van der Waals surface area contributed by atoms with E-state index in [0.717, 1.165) is 0 Å². The molecule has 0 spiro atoms. The first-order chi connectivity index (χ1) is 8.47. The summed E-state index contributed by atoms with van der Waals surface area (Å²) in [6.07, 6.45) is 0. The van der Waals surface area contributed by atoms with Gasteiger partial charge in [-0.2, -0.15) is 0 Å². The van der Waals surface area contributed by atoms with Gasteiger partial charge in [-0.3, -0.25) is 9.59 Å². The van der Waals surface area contributed by atoms with Crippen LogP contribution in [0.2, 0.25) is 0 Å². The van der Waals surface area contributed by atoms with Gasteiger partial charge >= 0.3 is 11.9 Å². The molecule has 0 unspecified atom stereocenters. The number of hydrogen-bond acceptors (Lipinski definition) is 6. The summed E-state index contributed by atoms with van der Waals surface area (Å²) < 4.78 is 20.0. The van der Waals surface area contributed by atoms with Gasteiger partial charge in [0.05, 0.1) is 14.2 Å². The predicted molar refractivity (Wildman–Crippen MR) is 62.2 cm³/mol. The minimum Gasteiger partial charge on any atom is -0.493 e. The van der Waals surface area contributed by atoms with Crippen LogP contribution in [0.3, 0.4) is 0 Å². The molecule has 1 aromatic rings. The summed E-state index contributed by atoms with van der Waals surface area (Å²) in [5.74, 6) is -0.0637. The molecule has 0 saturated heterocycles. The molecule has 0 fully saturated rings. The largest absolute Gasteiger partial charge is 0.493 e. The van der Waals surface area contributed by atoms with Crippen LogP contribution in [0, 0.1) is 0 Å². The van der Waals surface area contributed by atoms with Gasteiger partial charge in [0.15, 0.2) is 23.0 Å². The zero-order valence-electron chi connectivity index (χ0n) is 10.6. The lowest BCUT2D eigenvalue weighted by molar-refractivity contribution is -0.133. The average molecular weight is 254 g/mol. The zero-order valence-corrected chi connectivity index (χ0v) is 10.6. The Morgan fingerprint density at radius 3 is 1.33 bits per heavy atom. The zero-order chi connectivity index (χ0) is 13.7. The predicted octanol–water partition coefficient (Wildman–Crippen LogP) is 1.55. The molecule has 1 aromatic carbocycles. The average Bonchev–Trinajstić information content (AvgIpc) is 2.29. The van der Waals surface area contributed by atoms with E-state index in [-0.39, 0.29) is 23.0 Å². The number of carbonyl (C=O) groups is 2. The van der Waals surface area contributed by atoms with Crippen molar-refractivity contribution in [2.45, 2.75) is 13.8 Å². The van der Waals surface area contributed by atoms with E-state index in [1.165, 1.54) is 40.2 Å². The van der Waals surface area contributed by atoms with Crippen molar-refractivity contribution >= 4 is 11.9 Å². The highest BCUT2D eigenvalue weighted by atomic mass is 16.6. The van der Waals surface area contributed by atoms with Crippen LogP contribution >= 0.6 is 0 Å². The van der Waals surface area contributed by atoms with E-state index in [1.807, 2.05) is 0 Å². The lowest BCUT2D eigenvalue weighted by Gasteiger charge is -2.13. The fourth-order valence-corrected chi connectivity index (χ4v) is 1.31. The van der Waals surface area contributed by atoms with Crippen LogP contribution < -0.4 is 18.9 Å². The third kappa shape index (κ3) is 3.38. The summed E-state index contributed by atoms with van der Waals surface area (Å²) in [4.78, 5) is 21.9. The second kappa shape index (κ2) is 5.90. The van der Waals surface area contributed by atoms with Gasteiger partial charge in [0, 0.05) is 26.0 Å². The van der Waals surface area contributed by atoms with Crippen molar-refractivity contribution in [2.75, 3.05) is 14.2 Å². The van der Waals surface area contributed by atoms with Crippen LogP contribution in [0.5, 0.6) is 23.0 Å². The molecule has 0 N–H and O–H groups in total. The second-order valence-corrected chi connectivity index (χ2v) is 3.34. The molecule has 6 heteroatoms. The van der Waals surface area contributed by atoms with Crippen molar-refractivity contribution < 1.29 is 28.5 Å². The summed E-state index contributed by atoms with van der Waals surface area (Å²) in [6.45, 7) is 2.54. The summed E-state index contributed by atoms with van der Waals surface area (Å²) >= 11 is 0. The molecule has 1 rings (SSSR count). The van der Waals surface area contributed by atoms with Crippen LogP contribution in [0.15, 0.2) is 12.1 Å². The van der Waals surface area contributed by atoms with Gasteiger partial charge in [-0.25, -0.2) is 0 Å². The number of benzene rings is 1. The van der Waals surface area contributed by atoms with Gasteiger partial charge < -0.3 is 18.9 Å². The number of carbonyl (C=O) groups excluding carboxylic acids is 2. The summed E-state index contributed by atoms with van der Waals surface area (Å²) in [5, 5.41) is 0. The van der Waals surface area contributed by atoms with Crippen molar-refractivity contribution in [3.05, 3.63) is 12.1 Å². The van der Waals surface area contributed by atoms with E-state index < -0.39 is 11.9 Å². The quantitative estimate of drug-likeness (QED) is 0.599. The Morgan fingerprint density at radius 2 is 1.11 bits per heavy atom. The van der Waals surface area contributed by atoms with E-state index in [2.05, 4.69) is 0 Å². The van der Waals surface area contributed by atoms with Crippen molar-refractivity contribution in [1.29, 1.82) is 0 Å². The van der Waals surface area contributed by atoms with Gasteiger partial charge in [0.1, 0.15) is 0 Å². The summed E-state index contributed by atoms with van der Waals surface area (Å²) in [5.41, 5.74) is 0. The minimum absolute atomic E-state index is 0.192. The molecule has 0 heterocycles. The Balaban J connectivity index is 3.22. The van der Waals surface area contributed by atoms with Crippen LogP contribution in [-0.2, 0) is 9.59 Å². The molecule has 0 aliphatic rings. The van der Waals surface area contributed by atoms with Gasteiger partial charge in [-0.15, -0.1) is 0 Å². The summed E-state index contributed by atoms with van der Waals surface area (Å²) in [6, 6.07) is 2.83. The van der Waals surface area contributed by atoms with E-state index in [4.69, 9.17) is 18.9 Å². The first kappa shape index (κ1) is 13.8. The van der Waals surface area contributed by atoms with Crippen LogP contribution in [0.25, 0.3) is 0 Å². The molecule has 0 atom stereocenters. The van der Waals surface area contributed by atoms with Gasteiger partial charge in [0.2, 0.25) is 0 Å². The second-order valence-electron chi connectivity index (χ2n) is 3.34. The highest BCUT2D eigenvalue weighted by Gasteiger charge is 2.16. The first-order valence-corrected chi connectivity index (χ1v) is 5.10. The van der Waals surface area contributed by atoms with E-state index in [9.17, 15) is 9.59 Å².